The fourth-order valence-corrected chi connectivity index (χ4v) is 2.83. The fraction of sp³-hybridized carbons (Fsp3) is 0.529. The summed E-state index contributed by atoms with van der Waals surface area (Å²) in [6.07, 6.45) is 3.41. The molecular formula is C17H25N3O2. The second-order valence-electron chi connectivity index (χ2n) is 6.19. The summed E-state index contributed by atoms with van der Waals surface area (Å²) in [5.74, 6) is 0.563. The van der Waals surface area contributed by atoms with Crippen molar-refractivity contribution in [3.8, 4) is 0 Å². The number of nitrogens with zero attached hydrogens (tertiary/aromatic N) is 1. The highest BCUT2D eigenvalue weighted by Gasteiger charge is 2.24. The predicted molar refractivity (Wildman–Crippen MR) is 87.5 cm³/mol. The Morgan fingerprint density at radius 1 is 1.32 bits per heavy atom. The van der Waals surface area contributed by atoms with Gasteiger partial charge in [0, 0.05) is 32.2 Å². The molecule has 5 nitrogen and oxygen atoms in total. The van der Waals surface area contributed by atoms with Crippen LogP contribution in [0, 0.1) is 5.92 Å². The highest BCUT2D eigenvalue weighted by atomic mass is 16.2. The Hall–Kier alpha value is -2.04. The third kappa shape index (κ3) is 4.48. The average Bonchev–Trinajstić information content (AvgIpc) is 2.84. The third-order valence-electron chi connectivity index (χ3n) is 4.32. The minimum absolute atomic E-state index is 0.0197. The number of nitrogens with one attached hydrogen (secondary N) is 2. The fourth-order valence-electron chi connectivity index (χ4n) is 2.83. The van der Waals surface area contributed by atoms with Crippen LogP contribution in [-0.2, 0) is 11.3 Å². The molecule has 0 spiro atoms. The van der Waals surface area contributed by atoms with Gasteiger partial charge in [-0.1, -0.05) is 25.5 Å². The lowest BCUT2D eigenvalue weighted by Gasteiger charge is -2.18. The van der Waals surface area contributed by atoms with Gasteiger partial charge >= 0.3 is 6.03 Å². The second kappa shape index (κ2) is 7.29. The van der Waals surface area contributed by atoms with Crippen LogP contribution in [0.25, 0.3) is 0 Å². The van der Waals surface area contributed by atoms with E-state index in [1.165, 1.54) is 19.8 Å². The molecule has 0 bridgehead atoms. The van der Waals surface area contributed by atoms with E-state index in [1.54, 1.807) is 11.9 Å². The standard InChI is InChI=1S/C17H25N3O2/c1-12-6-4-9-16(12)19-17(22)18-15-8-5-7-14(10-15)11-20(3)13(2)21/h5,7-8,10,12,16H,4,6,9,11H2,1-3H3,(H2,18,19,22)/t12-,16-/m1/s1. The minimum Gasteiger partial charge on any atom is -0.342 e. The molecule has 5 heteroatoms. The van der Waals surface area contributed by atoms with E-state index >= 15 is 0 Å². The van der Waals surface area contributed by atoms with Gasteiger partial charge in [0.1, 0.15) is 0 Å². The van der Waals surface area contributed by atoms with Gasteiger partial charge in [-0.2, -0.15) is 0 Å². The molecule has 0 unspecified atom stereocenters. The molecule has 2 rings (SSSR count). The molecule has 3 amide bonds. The lowest BCUT2D eigenvalue weighted by Crippen LogP contribution is -2.39. The monoisotopic (exact) mass is 303 g/mol. The quantitative estimate of drug-likeness (QED) is 0.898. The summed E-state index contributed by atoms with van der Waals surface area (Å²) in [5.41, 5.74) is 1.74. The molecule has 0 aliphatic heterocycles. The molecule has 1 saturated carbocycles. The molecule has 22 heavy (non-hydrogen) atoms. The Morgan fingerprint density at radius 2 is 2.09 bits per heavy atom. The molecule has 1 aliphatic carbocycles. The molecule has 1 fully saturated rings. The van der Waals surface area contributed by atoms with Crippen molar-refractivity contribution in [3.63, 3.8) is 0 Å². The van der Waals surface area contributed by atoms with Crippen molar-refractivity contribution >= 4 is 17.6 Å². The van der Waals surface area contributed by atoms with E-state index in [-0.39, 0.29) is 18.0 Å². The first kappa shape index (κ1) is 16.3. The van der Waals surface area contributed by atoms with E-state index in [0.29, 0.717) is 12.5 Å². The van der Waals surface area contributed by atoms with Gasteiger partial charge in [0.05, 0.1) is 0 Å². The number of carbonyl (C=O) groups excluding carboxylic acids is 2. The number of benzene rings is 1. The van der Waals surface area contributed by atoms with Crippen molar-refractivity contribution in [2.75, 3.05) is 12.4 Å². The number of amides is 3. The van der Waals surface area contributed by atoms with Crippen molar-refractivity contribution in [2.24, 2.45) is 5.92 Å². The molecule has 0 radical (unpaired) electrons. The molecule has 1 aromatic rings. The van der Waals surface area contributed by atoms with Gasteiger partial charge in [0.2, 0.25) is 5.91 Å². The largest absolute Gasteiger partial charge is 0.342 e. The Morgan fingerprint density at radius 3 is 2.73 bits per heavy atom. The Bertz CT molecular complexity index is 544. The molecule has 0 saturated heterocycles. The van der Waals surface area contributed by atoms with E-state index in [9.17, 15) is 9.59 Å². The van der Waals surface area contributed by atoms with Crippen molar-refractivity contribution in [1.82, 2.24) is 10.2 Å². The molecule has 0 aromatic heterocycles. The van der Waals surface area contributed by atoms with Crippen LogP contribution in [-0.4, -0.2) is 29.9 Å². The molecule has 0 heterocycles. The summed E-state index contributed by atoms with van der Waals surface area (Å²) in [5, 5.41) is 5.92. The molecular weight excluding hydrogens is 278 g/mol. The zero-order valence-corrected chi connectivity index (χ0v) is 13.6. The van der Waals surface area contributed by atoms with Crippen LogP contribution in [0.5, 0.6) is 0 Å². The minimum atomic E-state index is -0.157. The summed E-state index contributed by atoms with van der Waals surface area (Å²) in [7, 11) is 1.76. The molecule has 1 aliphatic rings. The second-order valence-corrected chi connectivity index (χ2v) is 6.19. The van der Waals surface area contributed by atoms with Gasteiger partial charge in [-0.05, 0) is 36.5 Å². The highest BCUT2D eigenvalue weighted by Crippen LogP contribution is 2.24. The summed E-state index contributed by atoms with van der Waals surface area (Å²) >= 11 is 0. The first-order valence-corrected chi connectivity index (χ1v) is 7.84. The highest BCUT2D eigenvalue weighted by molar-refractivity contribution is 5.89. The smallest absolute Gasteiger partial charge is 0.319 e. The van der Waals surface area contributed by atoms with Gasteiger partial charge in [0.25, 0.3) is 0 Å². The van der Waals surface area contributed by atoms with E-state index in [1.807, 2.05) is 24.3 Å². The van der Waals surface area contributed by atoms with Crippen LogP contribution in [0.4, 0.5) is 10.5 Å². The van der Waals surface area contributed by atoms with E-state index in [0.717, 1.165) is 17.7 Å². The van der Waals surface area contributed by atoms with Crippen LogP contribution in [0.2, 0.25) is 0 Å². The molecule has 2 atom stereocenters. The van der Waals surface area contributed by atoms with Crippen molar-refractivity contribution in [1.29, 1.82) is 0 Å². The maximum absolute atomic E-state index is 12.1. The Labute approximate surface area is 132 Å². The van der Waals surface area contributed by atoms with Gasteiger partial charge in [0.15, 0.2) is 0 Å². The van der Waals surface area contributed by atoms with Crippen LogP contribution in [0.15, 0.2) is 24.3 Å². The summed E-state index contributed by atoms with van der Waals surface area (Å²) in [6, 6.07) is 7.70. The summed E-state index contributed by atoms with van der Waals surface area (Å²) in [4.78, 5) is 25.0. The van der Waals surface area contributed by atoms with Crippen molar-refractivity contribution in [2.45, 2.75) is 45.7 Å². The predicted octanol–water partition coefficient (Wildman–Crippen LogP) is 2.98. The maximum Gasteiger partial charge on any atom is 0.319 e. The SMILES string of the molecule is CC(=O)N(C)Cc1cccc(NC(=O)N[C@@H]2CCC[C@H]2C)c1. The molecule has 2 N–H and O–H groups in total. The zero-order chi connectivity index (χ0) is 16.1. The van der Waals surface area contributed by atoms with E-state index in [4.69, 9.17) is 0 Å². The number of rotatable bonds is 4. The molecule has 1 aromatic carbocycles. The summed E-state index contributed by atoms with van der Waals surface area (Å²) < 4.78 is 0. The van der Waals surface area contributed by atoms with Crippen LogP contribution >= 0.6 is 0 Å². The number of urea groups is 1. The number of hydrogen-bond donors (Lipinski definition) is 2. The van der Waals surface area contributed by atoms with Gasteiger partial charge < -0.3 is 15.5 Å². The number of hydrogen-bond acceptors (Lipinski definition) is 2. The van der Waals surface area contributed by atoms with E-state index < -0.39 is 0 Å². The lowest BCUT2D eigenvalue weighted by molar-refractivity contribution is -0.128. The average molecular weight is 303 g/mol. The van der Waals surface area contributed by atoms with Crippen molar-refractivity contribution < 1.29 is 9.59 Å². The van der Waals surface area contributed by atoms with Crippen LogP contribution in [0.3, 0.4) is 0 Å². The normalized spacial score (nSPS) is 20.5. The first-order valence-electron chi connectivity index (χ1n) is 7.84. The first-order chi connectivity index (χ1) is 10.5. The lowest BCUT2D eigenvalue weighted by atomic mass is 10.1. The van der Waals surface area contributed by atoms with Crippen molar-refractivity contribution in [3.05, 3.63) is 29.8 Å². The summed E-state index contributed by atoms with van der Waals surface area (Å²) in [6.45, 7) is 4.25. The topological polar surface area (TPSA) is 61.4 Å². The van der Waals surface area contributed by atoms with E-state index in [2.05, 4.69) is 17.6 Å². The zero-order valence-electron chi connectivity index (χ0n) is 13.6. The van der Waals surface area contributed by atoms with Gasteiger partial charge in [-0.15, -0.1) is 0 Å². The molecule has 120 valence electrons. The van der Waals surface area contributed by atoms with Crippen LogP contribution in [0.1, 0.15) is 38.7 Å². The number of carbonyl (C=O) groups is 2. The Balaban J connectivity index is 1.92. The Kier molecular flexibility index (Phi) is 5.41. The van der Waals surface area contributed by atoms with Gasteiger partial charge in [-0.25, -0.2) is 4.79 Å². The third-order valence-corrected chi connectivity index (χ3v) is 4.32. The van der Waals surface area contributed by atoms with Gasteiger partial charge in [-0.3, -0.25) is 4.79 Å². The maximum atomic E-state index is 12.1. The number of anilines is 1. The van der Waals surface area contributed by atoms with Crippen LogP contribution < -0.4 is 10.6 Å².